The summed E-state index contributed by atoms with van der Waals surface area (Å²) in [6.45, 7) is -0.143. The Morgan fingerprint density at radius 1 is 1.50 bits per heavy atom. The first kappa shape index (κ1) is 14.2. The number of tetrazole rings is 1. The van der Waals surface area contributed by atoms with E-state index < -0.39 is 5.91 Å². The number of hydrazone groups is 1. The first-order chi connectivity index (χ1) is 9.54. The van der Waals surface area contributed by atoms with Crippen LogP contribution in [0.15, 0.2) is 23.3 Å². The summed E-state index contributed by atoms with van der Waals surface area (Å²) >= 11 is 11.7. The summed E-state index contributed by atoms with van der Waals surface area (Å²) in [4.78, 5) is 12.6. The second-order valence-corrected chi connectivity index (χ2v) is 4.48. The fraction of sp³-hybridized carbons (Fsp3) is 0.100. The van der Waals surface area contributed by atoms with E-state index in [0.29, 0.717) is 15.6 Å². The lowest BCUT2D eigenvalue weighted by Gasteiger charge is -1.99. The van der Waals surface area contributed by atoms with E-state index in [1.807, 2.05) is 0 Å². The predicted octanol–water partition coefficient (Wildman–Crippen LogP) is 0.712. The van der Waals surface area contributed by atoms with Crippen molar-refractivity contribution in [3.8, 4) is 0 Å². The van der Waals surface area contributed by atoms with Gasteiger partial charge in [-0.25, -0.2) is 5.43 Å². The Morgan fingerprint density at radius 2 is 2.30 bits per heavy atom. The number of hydrogen-bond acceptors (Lipinski definition) is 6. The highest BCUT2D eigenvalue weighted by Crippen LogP contribution is 2.19. The molecule has 1 aromatic carbocycles. The molecule has 8 nitrogen and oxygen atoms in total. The van der Waals surface area contributed by atoms with E-state index in [4.69, 9.17) is 28.9 Å². The minimum Gasteiger partial charge on any atom is -0.365 e. The molecule has 1 aromatic heterocycles. The summed E-state index contributed by atoms with van der Waals surface area (Å²) < 4.78 is 0. The monoisotopic (exact) mass is 313 g/mol. The van der Waals surface area contributed by atoms with Crippen LogP contribution in [0.3, 0.4) is 0 Å². The molecule has 0 aliphatic rings. The van der Waals surface area contributed by atoms with Gasteiger partial charge in [-0.05, 0) is 17.3 Å². The minimum absolute atomic E-state index is 0.00533. The summed E-state index contributed by atoms with van der Waals surface area (Å²) in [5.41, 5.74) is 8.19. The van der Waals surface area contributed by atoms with Crippen LogP contribution in [-0.4, -0.2) is 32.3 Å². The van der Waals surface area contributed by atoms with Crippen LogP contribution in [0.1, 0.15) is 5.56 Å². The normalized spacial score (nSPS) is 10.9. The number of anilines is 1. The maximum atomic E-state index is 11.5. The molecule has 0 aliphatic carbocycles. The molecule has 1 heterocycles. The largest absolute Gasteiger partial charge is 0.365 e. The maximum absolute atomic E-state index is 11.5. The molecule has 2 rings (SSSR count). The van der Waals surface area contributed by atoms with Gasteiger partial charge in [-0.3, -0.25) is 4.79 Å². The molecule has 0 bridgehead atoms. The van der Waals surface area contributed by atoms with Crippen LogP contribution in [0.25, 0.3) is 0 Å². The Hall–Kier alpha value is -2.19. The SMILES string of the molecule is Nc1nnn(CC(=O)N/N=C/c2ccc(Cl)cc2Cl)n1. The molecule has 104 valence electrons. The highest BCUT2D eigenvalue weighted by molar-refractivity contribution is 6.36. The smallest absolute Gasteiger partial charge is 0.263 e. The van der Waals surface area contributed by atoms with E-state index in [0.717, 1.165) is 4.80 Å². The van der Waals surface area contributed by atoms with Gasteiger partial charge in [-0.2, -0.15) is 9.90 Å². The molecule has 1 amide bonds. The van der Waals surface area contributed by atoms with Crippen molar-refractivity contribution in [2.24, 2.45) is 5.10 Å². The number of aromatic nitrogens is 4. The van der Waals surface area contributed by atoms with Crippen LogP contribution in [0.2, 0.25) is 10.0 Å². The molecule has 0 aliphatic heterocycles. The summed E-state index contributed by atoms with van der Waals surface area (Å²) in [7, 11) is 0. The van der Waals surface area contributed by atoms with Gasteiger partial charge in [0.1, 0.15) is 6.54 Å². The van der Waals surface area contributed by atoms with E-state index >= 15 is 0 Å². The van der Waals surface area contributed by atoms with Crippen molar-refractivity contribution in [2.45, 2.75) is 6.54 Å². The molecule has 0 saturated heterocycles. The number of halogens is 2. The highest BCUT2D eigenvalue weighted by atomic mass is 35.5. The van der Waals surface area contributed by atoms with Crippen molar-refractivity contribution in [1.29, 1.82) is 0 Å². The first-order valence-electron chi connectivity index (χ1n) is 5.35. The zero-order valence-electron chi connectivity index (χ0n) is 9.99. The van der Waals surface area contributed by atoms with Gasteiger partial charge in [0, 0.05) is 10.6 Å². The Bertz CT molecular complexity index is 655. The minimum atomic E-state index is -0.427. The van der Waals surface area contributed by atoms with Gasteiger partial charge in [0.2, 0.25) is 0 Å². The highest BCUT2D eigenvalue weighted by Gasteiger charge is 2.04. The molecular formula is C10H9Cl2N7O. The summed E-state index contributed by atoms with van der Waals surface area (Å²) in [6.07, 6.45) is 1.40. The molecule has 0 unspecified atom stereocenters. The van der Waals surface area contributed by atoms with Gasteiger partial charge in [0.15, 0.2) is 0 Å². The number of hydrogen-bond donors (Lipinski definition) is 2. The molecule has 3 N–H and O–H groups in total. The lowest BCUT2D eigenvalue weighted by molar-refractivity contribution is -0.122. The number of rotatable bonds is 4. The standard InChI is InChI=1S/C10H9Cl2N7O/c11-7-2-1-6(8(12)3-7)4-14-15-9(20)5-19-17-10(13)16-18-19/h1-4H,5H2,(H2,13,17)(H,15,20)/b14-4+. The summed E-state index contributed by atoms with van der Waals surface area (Å²) in [6, 6.07) is 4.92. The molecule has 20 heavy (non-hydrogen) atoms. The Labute approximate surface area is 123 Å². The lowest BCUT2D eigenvalue weighted by atomic mass is 10.2. The Morgan fingerprint density at radius 3 is 2.95 bits per heavy atom. The zero-order chi connectivity index (χ0) is 14.5. The number of carbonyl (C=O) groups excluding carboxylic acids is 1. The fourth-order valence-corrected chi connectivity index (χ4v) is 1.72. The second kappa shape index (κ2) is 6.31. The number of amides is 1. The number of nitrogens with zero attached hydrogens (tertiary/aromatic N) is 5. The van der Waals surface area contributed by atoms with Crippen LogP contribution in [-0.2, 0) is 11.3 Å². The molecule has 10 heteroatoms. The van der Waals surface area contributed by atoms with Crippen LogP contribution < -0.4 is 11.2 Å². The van der Waals surface area contributed by atoms with Gasteiger partial charge in [-0.15, -0.1) is 5.10 Å². The van der Waals surface area contributed by atoms with Crippen molar-refractivity contribution in [3.63, 3.8) is 0 Å². The summed E-state index contributed by atoms with van der Waals surface area (Å²) in [5.74, 6) is -0.432. The zero-order valence-corrected chi connectivity index (χ0v) is 11.5. The van der Waals surface area contributed by atoms with Crippen LogP contribution >= 0.6 is 23.2 Å². The topological polar surface area (TPSA) is 111 Å². The van der Waals surface area contributed by atoms with Crippen molar-refractivity contribution in [3.05, 3.63) is 33.8 Å². The number of nitrogens with two attached hydrogens (primary N) is 1. The number of carbonyl (C=O) groups is 1. The van der Waals surface area contributed by atoms with Gasteiger partial charge < -0.3 is 5.73 Å². The number of benzene rings is 1. The second-order valence-electron chi connectivity index (χ2n) is 3.64. The maximum Gasteiger partial charge on any atom is 0.263 e. The van der Waals surface area contributed by atoms with Crippen LogP contribution in [0, 0.1) is 0 Å². The average molecular weight is 314 g/mol. The Kier molecular flexibility index (Phi) is 4.49. The van der Waals surface area contributed by atoms with E-state index in [2.05, 4.69) is 25.9 Å². The Balaban J connectivity index is 1.91. The molecule has 0 atom stereocenters. The summed E-state index contributed by atoms with van der Waals surface area (Å²) in [5, 5.41) is 15.4. The number of nitrogens with one attached hydrogen (secondary N) is 1. The molecule has 0 saturated carbocycles. The number of nitrogen functional groups attached to an aromatic ring is 1. The van der Waals surface area contributed by atoms with E-state index in [-0.39, 0.29) is 12.5 Å². The predicted molar refractivity (Wildman–Crippen MR) is 74.4 cm³/mol. The van der Waals surface area contributed by atoms with E-state index in [9.17, 15) is 4.79 Å². The third kappa shape index (κ3) is 3.90. The van der Waals surface area contributed by atoms with Gasteiger partial charge in [0.05, 0.1) is 11.2 Å². The van der Waals surface area contributed by atoms with Gasteiger partial charge in [0.25, 0.3) is 11.9 Å². The fourth-order valence-electron chi connectivity index (χ4n) is 1.27. The third-order valence-corrected chi connectivity index (χ3v) is 2.67. The van der Waals surface area contributed by atoms with Crippen molar-refractivity contribution >= 4 is 41.3 Å². The molecular weight excluding hydrogens is 305 g/mol. The van der Waals surface area contributed by atoms with Crippen LogP contribution in [0.4, 0.5) is 5.95 Å². The molecule has 0 fully saturated rings. The van der Waals surface area contributed by atoms with Gasteiger partial charge >= 0.3 is 0 Å². The lowest BCUT2D eigenvalue weighted by Crippen LogP contribution is -2.24. The average Bonchev–Trinajstić information content (AvgIpc) is 2.77. The molecule has 0 radical (unpaired) electrons. The van der Waals surface area contributed by atoms with Crippen molar-refractivity contribution in [2.75, 3.05) is 5.73 Å². The van der Waals surface area contributed by atoms with E-state index in [1.165, 1.54) is 6.21 Å². The van der Waals surface area contributed by atoms with Crippen molar-refractivity contribution < 1.29 is 4.79 Å². The quantitative estimate of drug-likeness (QED) is 0.638. The molecule has 2 aromatic rings. The third-order valence-electron chi connectivity index (χ3n) is 2.11. The van der Waals surface area contributed by atoms with Crippen molar-refractivity contribution in [1.82, 2.24) is 25.6 Å². The first-order valence-corrected chi connectivity index (χ1v) is 6.10. The van der Waals surface area contributed by atoms with E-state index in [1.54, 1.807) is 18.2 Å². The van der Waals surface area contributed by atoms with Crippen LogP contribution in [0.5, 0.6) is 0 Å². The molecule has 0 spiro atoms. The van der Waals surface area contributed by atoms with Gasteiger partial charge in [-0.1, -0.05) is 34.4 Å².